The first-order valence-electron chi connectivity index (χ1n) is 5.26. The molecule has 0 unspecified atom stereocenters. The van der Waals surface area contributed by atoms with Crippen LogP contribution in [0.2, 0.25) is 5.02 Å². The van der Waals surface area contributed by atoms with Gasteiger partial charge >= 0.3 is 0 Å². The molecule has 0 radical (unpaired) electrons. The van der Waals surface area contributed by atoms with E-state index in [4.69, 9.17) is 11.6 Å². The summed E-state index contributed by atoms with van der Waals surface area (Å²) in [6.07, 6.45) is 9.34. The van der Waals surface area contributed by atoms with Crippen molar-refractivity contribution in [1.29, 1.82) is 0 Å². The molecular weight excluding hydrogens is 204 g/mol. The Morgan fingerprint density at radius 2 is 2.20 bits per heavy atom. The molecule has 0 saturated carbocycles. The maximum absolute atomic E-state index is 5.96. The van der Waals surface area contributed by atoms with Crippen LogP contribution in [0.3, 0.4) is 0 Å². The molecule has 0 aliphatic heterocycles. The second kappa shape index (κ2) is 6.47. The average Bonchev–Trinajstić information content (AvgIpc) is 2.23. The normalized spacial score (nSPS) is 10.8. The maximum atomic E-state index is 5.96. The second-order valence-corrected chi connectivity index (χ2v) is 4.05. The molecule has 0 aliphatic carbocycles. The van der Waals surface area contributed by atoms with Gasteiger partial charge in [-0.1, -0.05) is 48.5 Å². The number of allylic oxidation sites excluding steroid dienone is 3. The highest BCUT2D eigenvalue weighted by molar-refractivity contribution is 6.31. The summed E-state index contributed by atoms with van der Waals surface area (Å²) in [6.45, 7) is 5.68. The van der Waals surface area contributed by atoms with Crippen LogP contribution in [-0.4, -0.2) is 0 Å². The van der Waals surface area contributed by atoms with Crippen molar-refractivity contribution in [3.8, 4) is 0 Å². The molecule has 0 nitrogen and oxygen atoms in total. The highest BCUT2D eigenvalue weighted by atomic mass is 35.5. The molecule has 0 fully saturated rings. The molecule has 1 aromatic rings. The Labute approximate surface area is 97.3 Å². The minimum atomic E-state index is 0.852. The van der Waals surface area contributed by atoms with Gasteiger partial charge in [0.2, 0.25) is 0 Å². The van der Waals surface area contributed by atoms with E-state index < -0.39 is 0 Å². The van der Waals surface area contributed by atoms with E-state index in [1.165, 1.54) is 12.0 Å². The first-order valence-corrected chi connectivity index (χ1v) is 5.64. The molecule has 0 amide bonds. The fourth-order valence-electron chi connectivity index (χ4n) is 1.48. The lowest BCUT2D eigenvalue weighted by Crippen LogP contribution is -1.86. The Bertz CT molecular complexity index is 350. The van der Waals surface area contributed by atoms with E-state index >= 15 is 0 Å². The van der Waals surface area contributed by atoms with Crippen LogP contribution in [0, 0.1) is 6.92 Å². The van der Waals surface area contributed by atoms with Crippen molar-refractivity contribution in [1.82, 2.24) is 0 Å². The Kier molecular flexibility index (Phi) is 5.20. The predicted molar refractivity (Wildman–Crippen MR) is 68.5 cm³/mol. The highest BCUT2D eigenvalue weighted by Crippen LogP contribution is 2.17. The SMILES string of the molecule is C=C/C=C/CCCc1ccc(Cl)c(C)c1. The first kappa shape index (κ1) is 12.1. The Morgan fingerprint density at radius 3 is 2.87 bits per heavy atom. The molecular formula is C14H17Cl. The zero-order valence-corrected chi connectivity index (χ0v) is 9.93. The average molecular weight is 221 g/mol. The topological polar surface area (TPSA) is 0 Å². The van der Waals surface area contributed by atoms with Gasteiger partial charge in [-0.3, -0.25) is 0 Å². The number of halogens is 1. The monoisotopic (exact) mass is 220 g/mol. The van der Waals surface area contributed by atoms with Gasteiger partial charge in [-0.25, -0.2) is 0 Å². The fourth-order valence-corrected chi connectivity index (χ4v) is 1.60. The van der Waals surface area contributed by atoms with Crippen LogP contribution in [-0.2, 0) is 6.42 Å². The lowest BCUT2D eigenvalue weighted by atomic mass is 10.1. The Morgan fingerprint density at radius 1 is 1.40 bits per heavy atom. The van der Waals surface area contributed by atoms with Crippen LogP contribution in [0.5, 0.6) is 0 Å². The third-order valence-electron chi connectivity index (χ3n) is 2.33. The van der Waals surface area contributed by atoms with Gasteiger partial charge < -0.3 is 0 Å². The van der Waals surface area contributed by atoms with E-state index in [9.17, 15) is 0 Å². The molecule has 80 valence electrons. The summed E-state index contributed by atoms with van der Waals surface area (Å²) < 4.78 is 0. The molecule has 0 saturated heterocycles. The summed E-state index contributed by atoms with van der Waals surface area (Å²) in [5.41, 5.74) is 2.53. The van der Waals surface area contributed by atoms with E-state index in [1.54, 1.807) is 0 Å². The van der Waals surface area contributed by atoms with Crippen molar-refractivity contribution >= 4 is 11.6 Å². The zero-order valence-electron chi connectivity index (χ0n) is 9.17. The Hall–Kier alpha value is -1.01. The minimum Gasteiger partial charge on any atom is -0.0991 e. The predicted octanol–water partition coefficient (Wildman–Crippen LogP) is 4.71. The quantitative estimate of drug-likeness (QED) is 0.498. The van der Waals surface area contributed by atoms with Gasteiger partial charge in [0, 0.05) is 5.02 Å². The molecule has 1 rings (SSSR count). The highest BCUT2D eigenvalue weighted by Gasteiger charge is 1.96. The number of benzene rings is 1. The van der Waals surface area contributed by atoms with Crippen LogP contribution in [0.25, 0.3) is 0 Å². The molecule has 1 heteroatoms. The van der Waals surface area contributed by atoms with Gasteiger partial charge in [0.15, 0.2) is 0 Å². The van der Waals surface area contributed by atoms with Gasteiger partial charge in [-0.15, -0.1) is 0 Å². The summed E-state index contributed by atoms with van der Waals surface area (Å²) in [5, 5.41) is 0.852. The first-order chi connectivity index (χ1) is 7.24. The Balaban J connectivity index is 2.41. The lowest BCUT2D eigenvalue weighted by Gasteiger charge is -2.02. The van der Waals surface area contributed by atoms with Crippen LogP contribution < -0.4 is 0 Å². The number of aryl methyl sites for hydroxylation is 2. The smallest absolute Gasteiger partial charge is 0.0435 e. The zero-order chi connectivity index (χ0) is 11.1. The van der Waals surface area contributed by atoms with E-state index in [2.05, 4.69) is 24.8 Å². The van der Waals surface area contributed by atoms with Crippen LogP contribution in [0.4, 0.5) is 0 Å². The fraction of sp³-hybridized carbons (Fsp3) is 0.286. The van der Waals surface area contributed by atoms with Crippen LogP contribution in [0.15, 0.2) is 43.0 Å². The summed E-state index contributed by atoms with van der Waals surface area (Å²) in [4.78, 5) is 0. The van der Waals surface area contributed by atoms with E-state index in [1.807, 2.05) is 25.1 Å². The third-order valence-corrected chi connectivity index (χ3v) is 2.75. The van der Waals surface area contributed by atoms with Crippen LogP contribution >= 0.6 is 11.6 Å². The van der Waals surface area contributed by atoms with Gasteiger partial charge in [-0.2, -0.15) is 0 Å². The standard InChI is InChI=1S/C14H17Cl/c1-3-4-5-6-7-8-13-9-10-14(15)12(2)11-13/h3-5,9-11H,1,6-8H2,2H3/b5-4+. The summed E-state index contributed by atoms with van der Waals surface area (Å²) in [7, 11) is 0. The largest absolute Gasteiger partial charge is 0.0991 e. The summed E-state index contributed by atoms with van der Waals surface area (Å²) in [6, 6.07) is 6.25. The summed E-state index contributed by atoms with van der Waals surface area (Å²) >= 11 is 5.96. The molecule has 0 atom stereocenters. The lowest BCUT2D eigenvalue weighted by molar-refractivity contribution is 0.842. The number of unbranched alkanes of at least 4 members (excludes halogenated alkanes) is 1. The second-order valence-electron chi connectivity index (χ2n) is 3.64. The van der Waals surface area contributed by atoms with Crippen molar-refractivity contribution in [2.45, 2.75) is 26.2 Å². The maximum Gasteiger partial charge on any atom is 0.0435 e. The molecule has 0 aromatic heterocycles. The van der Waals surface area contributed by atoms with E-state index in [-0.39, 0.29) is 0 Å². The molecule has 0 aliphatic rings. The van der Waals surface area contributed by atoms with Crippen molar-refractivity contribution in [2.75, 3.05) is 0 Å². The van der Waals surface area contributed by atoms with E-state index in [0.717, 1.165) is 23.4 Å². The van der Waals surface area contributed by atoms with Gasteiger partial charge in [-0.05, 0) is 43.4 Å². The molecule has 0 bridgehead atoms. The van der Waals surface area contributed by atoms with Gasteiger partial charge in [0.1, 0.15) is 0 Å². The number of hydrogen-bond acceptors (Lipinski definition) is 0. The molecule has 0 N–H and O–H groups in total. The van der Waals surface area contributed by atoms with Crippen molar-refractivity contribution in [3.63, 3.8) is 0 Å². The number of hydrogen-bond donors (Lipinski definition) is 0. The van der Waals surface area contributed by atoms with Crippen molar-refractivity contribution in [3.05, 3.63) is 59.2 Å². The molecule has 0 spiro atoms. The third kappa shape index (κ3) is 4.35. The van der Waals surface area contributed by atoms with E-state index in [0.29, 0.717) is 0 Å². The van der Waals surface area contributed by atoms with Gasteiger partial charge in [0.25, 0.3) is 0 Å². The molecule has 0 heterocycles. The minimum absolute atomic E-state index is 0.852. The van der Waals surface area contributed by atoms with Crippen LogP contribution in [0.1, 0.15) is 24.0 Å². The summed E-state index contributed by atoms with van der Waals surface area (Å²) in [5.74, 6) is 0. The molecule has 15 heavy (non-hydrogen) atoms. The van der Waals surface area contributed by atoms with Crippen molar-refractivity contribution in [2.24, 2.45) is 0 Å². The molecule has 1 aromatic carbocycles. The van der Waals surface area contributed by atoms with Gasteiger partial charge in [0.05, 0.1) is 0 Å². The number of rotatable bonds is 5. The van der Waals surface area contributed by atoms with Crippen molar-refractivity contribution < 1.29 is 0 Å².